The first kappa shape index (κ1) is 15.5. The van der Waals surface area contributed by atoms with Crippen LogP contribution in [-0.4, -0.2) is 42.1 Å². The number of thiophene rings is 1. The summed E-state index contributed by atoms with van der Waals surface area (Å²) in [5, 5.41) is 8.91. The number of hydrogen-bond acceptors (Lipinski definition) is 4. The van der Waals surface area contributed by atoms with Gasteiger partial charge in [0.15, 0.2) is 5.78 Å². The number of carbonyl (C=O) groups is 2. The van der Waals surface area contributed by atoms with Gasteiger partial charge in [-0.15, -0.1) is 11.3 Å². The first-order valence-electron chi connectivity index (χ1n) is 6.32. The van der Waals surface area contributed by atoms with Crippen molar-refractivity contribution in [2.24, 2.45) is 5.92 Å². The van der Waals surface area contributed by atoms with Crippen molar-refractivity contribution in [2.75, 3.05) is 20.2 Å². The lowest BCUT2D eigenvalue weighted by atomic mass is 9.92. The van der Waals surface area contributed by atoms with Gasteiger partial charge in [0.2, 0.25) is 0 Å². The maximum Gasteiger partial charge on any atom is 0.407 e. The van der Waals surface area contributed by atoms with E-state index in [1.165, 1.54) is 16.2 Å². The molecule has 0 radical (unpaired) electrons. The molecule has 0 spiro atoms. The van der Waals surface area contributed by atoms with Crippen LogP contribution >= 0.6 is 27.3 Å². The van der Waals surface area contributed by atoms with E-state index >= 15 is 0 Å². The molecule has 2 rings (SSSR count). The second-order valence-corrected chi connectivity index (χ2v) is 6.72. The van der Waals surface area contributed by atoms with Crippen LogP contribution in [0.3, 0.4) is 0 Å². The second kappa shape index (κ2) is 6.69. The number of likely N-dealkylation sites (tertiary alicyclic amines) is 1. The molecule has 0 aromatic carbocycles. The number of Topliss-reactive ketones (excluding diaryl/α,β-unsaturated/α-hetero) is 1. The van der Waals surface area contributed by atoms with Crippen molar-refractivity contribution in [3.05, 3.63) is 20.3 Å². The van der Waals surface area contributed by atoms with Crippen LogP contribution in [0.4, 0.5) is 4.79 Å². The summed E-state index contributed by atoms with van der Waals surface area (Å²) in [6, 6.07) is 1.91. The molecule has 0 bridgehead atoms. The monoisotopic (exact) mass is 361 g/mol. The molecule has 0 saturated carbocycles. The van der Waals surface area contributed by atoms with Gasteiger partial charge in [0, 0.05) is 35.5 Å². The molecule has 2 heterocycles. The fraction of sp³-hybridized carbons (Fsp3) is 0.538. The zero-order valence-corrected chi connectivity index (χ0v) is 13.5. The Balaban J connectivity index is 2.03. The zero-order valence-electron chi connectivity index (χ0n) is 11.1. The largest absolute Gasteiger partial charge is 0.465 e. The normalized spacial score (nSPS) is 16.4. The van der Waals surface area contributed by atoms with Crippen molar-refractivity contribution in [1.82, 2.24) is 4.90 Å². The summed E-state index contributed by atoms with van der Waals surface area (Å²) in [4.78, 5) is 26.4. The number of piperidine rings is 1. The maximum atomic E-state index is 12.5. The Labute approximate surface area is 129 Å². The molecule has 1 amide bonds. The van der Waals surface area contributed by atoms with Crippen LogP contribution in [0.1, 0.15) is 27.4 Å². The van der Waals surface area contributed by atoms with Gasteiger partial charge in [-0.1, -0.05) is 0 Å². The van der Waals surface area contributed by atoms with Crippen LogP contribution in [0.15, 0.2) is 10.5 Å². The predicted molar refractivity (Wildman–Crippen MR) is 79.4 cm³/mol. The van der Waals surface area contributed by atoms with Gasteiger partial charge in [-0.25, -0.2) is 4.79 Å². The Kier molecular flexibility index (Phi) is 5.17. The highest BCUT2D eigenvalue weighted by Gasteiger charge is 2.29. The number of ketones is 1. The van der Waals surface area contributed by atoms with E-state index in [9.17, 15) is 9.59 Å². The van der Waals surface area contributed by atoms with Gasteiger partial charge in [-0.2, -0.15) is 0 Å². The summed E-state index contributed by atoms with van der Waals surface area (Å²) >= 11 is 4.86. The number of halogens is 1. The van der Waals surface area contributed by atoms with E-state index in [1.807, 2.05) is 6.07 Å². The molecule has 1 aromatic rings. The third kappa shape index (κ3) is 3.39. The quantitative estimate of drug-likeness (QED) is 0.836. The molecule has 1 saturated heterocycles. The highest BCUT2D eigenvalue weighted by atomic mass is 79.9. The van der Waals surface area contributed by atoms with E-state index < -0.39 is 6.09 Å². The van der Waals surface area contributed by atoms with Crippen LogP contribution in [-0.2, 0) is 11.3 Å². The molecule has 1 aliphatic rings. The molecule has 20 heavy (non-hydrogen) atoms. The molecule has 110 valence electrons. The average molecular weight is 362 g/mol. The number of ether oxygens (including phenoxy) is 1. The lowest BCUT2D eigenvalue weighted by Crippen LogP contribution is -2.39. The van der Waals surface area contributed by atoms with Gasteiger partial charge in [0.05, 0.1) is 11.5 Å². The lowest BCUT2D eigenvalue weighted by molar-refractivity contribution is 0.0824. The first-order chi connectivity index (χ1) is 9.52. The van der Waals surface area contributed by atoms with Crippen molar-refractivity contribution in [3.63, 3.8) is 0 Å². The molecule has 0 aliphatic carbocycles. The van der Waals surface area contributed by atoms with Gasteiger partial charge in [-0.05, 0) is 34.8 Å². The number of nitrogens with zero attached hydrogens (tertiary/aromatic N) is 1. The molecule has 1 N–H and O–H groups in total. The maximum absolute atomic E-state index is 12.5. The van der Waals surface area contributed by atoms with E-state index in [1.54, 1.807) is 7.11 Å². The fourth-order valence-electron chi connectivity index (χ4n) is 2.32. The zero-order chi connectivity index (χ0) is 14.7. The van der Waals surface area contributed by atoms with Crippen molar-refractivity contribution >= 4 is 39.1 Å². The van der Waals surface area contributed by atoms with Crippen LogP contribution in [0.2, 0.25) is 0 Å². The topological polar surface area (TPSA) is 66.8 Å². The van der Waals surface area contributed by atoms with Crippen LogP contribution in [0.5, 0.6) is 0 Å². The molecule has 1 aliphatic heterocycles. The summed E-state index contributed by atoms with van der Waals surface area (Å²) in [7, 11) is 1.62. The number of amides is 1. The van der Waals surface area contributed by atoms with Gasteiger partial charge < -0.3 is 14.7 Å². The molecule has 5 nitrogen and oxygen atoms in total. The molecular weight excluding hydrogens is 346 g/mol. The Morgan fingerprint density at radius 1 is 1.50 bits per heavy atom. The number of hydrogen-bond donors (Lipinski definition) is 1. The summed E-state index contributed by atoms with van der Waals surface area (Å²) < 4.78 is 5.87. The smallest absolute Gasteiger partial charge is 0.407 e. The van der Waals surface area contributed by atoms with Crippen molar-refractivity contribution in [3.8, 4) is 0 Å². The van der Waals surface area contributed by atoms with Gasteiger partial charge in [-0.3, -0.25) is 4.79 Å². The Hall–Kier alpha value is -0.920. The van der Waals surface area contributed by atoms with E-state index in [2.05, 4.69) is 15.9 Å². The number of rotatable bonds is 4. The molecule has 0 atom stereocenters. The van der Waals surface area contributed by atoms with Crippen molar-refractivity contribution in [2.45, 2.75) is 19.4 Å². The van der Waals surface area contributed by atoms with Crippen LogP contribution < -0.4 is 0 Å². The van der Waals surface area contributed by atoms with E-state index in [4.69, 9.17) is 9.84 Å². The van der Waals surface area contributed by atoms with Gasteiger partial charge >= 0.3 is 6.09 Å². The predicted octanol–water partition coefficient (Wildman–Crippen LogP) is 3.23. The SMILES string of the molecule is COCc1cc(Br)c(C(=O)C2CCN(C(=O)O)CC2)s1. The number of methoxy groups -OCH3 is 1. The minimum absolute atomic E-state index is 0.0871. The third-order valence-electron chi connectivity index (χ3n) is 3.38. The average Bonchev–Trinajstić information content (AvgIpc) is 2.79. The Morgan fingerprint density at radius 2 is 2.15 bits per heavy atom. The summed E-state index contributed by atoms with van der Waals surface area (Å²) in [5.74, 6) is 0.0187. The molecule has 0 unspecified atom stereocenters. The summed E-state index contributed by atoms with van der Waals surface area (Å²) in [6.07, 6.45) is 0.278. The highest BCUT2D eigenvalue weighted by molar-refractivity contribution is 9.10. The van der Waals surface area contributed by atoms with Crippen molar-refractivity contribution in [1.29, 1.82) is 0 Å². The molecule has 1 fully saturated rings. The van der Waals surface area contributed by atoms with E-state index in [0.29, 0.717) is 37.4 Å². The number of carbonyl (C=O) groups excluding carboxylic acids is 1. The Bertz CT molecular complexity index is 508. The van der Waals surface area contributed by atoms with Crippen molar-refractivity contribution < 1.29 is 19.4 Å². The minimum atomic E-state index is -0.907. The first-order valence-corrected chi connectivity index (χ1v) is 7.93. The second-order valence-electron chi connectivity index (χ2n) is 4.73. The minimum Gasteiger partial charge on any atom is -0.465 e. The molecule has 7 heteroatoms. The van der Waals surface area contributed by atoms with Crippen LogP contribution in [0, 0.1) is 5.92 Å². The van der Waals surface area contributed by atoms with Gasteiger partial charge in [0.1, 0.15) is 0 Å². The summed E-state index contributed by atoms with van der Waals surface area (Å²) in [5.41, 5.74) is 0. The number of carboxylic acid groups (broad SMARTS) is 1. The highest BCUT2D eigenvalue weighted by Crippen LogP contribution is 2.32. The Morgan fingerprint density at radius 3 is 2.70 bits per heavy atom. The lowest BCUT2D eigenvalue weighted by Gasteiger charge is -2.28. The third-order valence-corrected chi connectivity index (χ3v) is 5.40. The summed E-state index contributed by atoms with van der Waals surface area (Å²) in [6.45, 7) is 1.35. The molecular formula is C13H16BrNO4S. The fourth-order valence-corrected chi connectivity index (χ4v) is 4.22. The van der Waals surface area contributed by atoms with Gasteiger partial charge in [0.25, 0.3) is 0 Å². The molecule has 1 aromatic heterocycles. The van der Waals surface area contributed by atoms with E-state index in [0.717, 1.165) is 9.35 Å². The van der Waals surface area contributed by atoms with E-state index in [-0.39, 0.29) is 11.7 Å². The van der Waals surface area contributed by atoms with Crippen LogP contribution in [0.25, 0.3) is 0 Å². The standard InChI is InChI=1S/C13H16BrNO4S/c1-19-7-9-6-10(14)12(20-9)11(16)8-2-4-15(5-3-8)13(17)18/h6,8H,2-5,7H2,1H3,(H,17,18).